The Morgan fingerprint density at radius 2 is 1.93 bits per heavy atom. The molecule has 2 rings (SSSR count). The van der Waals surface area contributed by atoms with Gasteiger partial charge in [-0.1, -0.05) is 28.1 Å². The molecule has 2 nitrogen and oxygen atoms in total. The number of nitrogens with two attached hydrogens (primary N) is 1. The van der Waals surface area contributed by atoms with Gasteiger partial charge in [0, 0.05) is 4.47 Å². The van der Waals surface area contributed by atoms with Crippen LogP contribution in [-0.2, 0) is 11.3 Å². The van der Waals surface area contributed by atoms with Crippen LogP contribution in [0.2, 0.25) is 0 Å². The third-order valence-corrected chi connectivity index (χ3v) is 3.73. The summed E-state index contributed by atoms with van der Waals surface area (Å²) in [4.78, 5) is 4.77. The number of halogens is 1. The van der Waals surface area contributed by atoms with Crippen molar-refractivity contribution in [2.24, 2.45) is 11.3 Å². The van der Waals surface area contributed by atoms with E-state index in [9.17, 15) is 0 Å². The summed E-state index contributed by atoms with van der Waals surface area (Å²) in [5.74, 6) is 5.14. The fourth-order valence-electron chi connectivity index (χ4n) is 1.88. The molecule has 0 aromatic heterocycles. The van der Waals surface area contributed by atoms with Gasteiger partial charge in [-0.2, -0.15) is 0 Å². The second-order valence-corrected chi connectivity index (χ2v) is 5.35. The van der Waals surface area contributed by atoms with Crippen molar-refractivity contribution in [1.29, 1.82) is 0 Å². The molecule has 0 spiro atoms. The van der Waals surface area contributed by atoms with Crippen LogP contribution < -0.4 is 5.90 Å². The summed E-state index contributed by atoms with van der Waals surface area (Å²) in [7, 11) is 0. The van der Waals surface area contributed by atoms with Crippen LogP contribution in [0.25, 0.3) is 0 Å². The Hall–Kier alpha value is -0.380. The minimum atomic E-state index is 0.391. The molecule has 3 heteroatoms. The van der Waals surface area contributed by atoms with Gasteiger partial charge in [0.25, 0.3) is 0 Å². The molecule has 1 aliphatic rings. The lowest BCUT2D eigenvalue weighted by molar-refractivity contribution is 0.0882. The quantitative estimate of drug-likeness (QED) is 0.834. The Morgan fingerprint density at radius 3 is 2.47 bits per heavy atom. The number of benzene rings is 1. The first-order chi connectivity index (χ1) is 7.24. The molecule has 0 heterocycles. The van der Waals surface area contributed by atoms with Gasteiger partial charge in [0.1, 0.15) is 0 Å². The first kappa shape index (κ1) is 11.1. The first-order valence-electron chi connectivity index (χ1n) is 5.30. The molecule has 82 valence electrons. The lowest BCUT2D eigenvalue weighted by Crippen LogP contribution is -2.14. The Morgan fingerprint density at radius 1 is 1.27 bits per heavy atom. The van der Waals surface area contributed by atoms with Crippen LogP contribution in [0.3, 0.4) is 0 Å². The summed E-state index contributed by atoms with van der Waals surface area (Å²) >= 11 is 3.44. The predicted molar refractivity (Wildman–Crippen MR) is 64.3 cm³/mol. The molecule has 1 aromatic carbocycles. The van der Waals surface area contributed by atoms with Crippen LogP contribution in [0.1, 0.15) is 24.8 Å². The number of hydrogen-bond donors (Lipinski definition) is 1. The maximum Gasteiger partial charge on any atom is 0.0735 e. The van der Waals surface area contributed by atoms with E-state index in [-0.39, 0.29) is 0 Å². The maximum absolute atomic E-state index is 5.14. The molecule has 15 heavy (non-hydrogen) atoms. The molecule has 0 amide bonds. The summed E-state index contributed by atoms with van der Waals surface area (Å²) in [5, 5.41) is 0. The SMILES string of the molecule is NOCC1(CCc2ccc(Br)cc2)CC1. The third-order valence-electron chi connectivity index (χ3n) is 3.20. The maximum atomic E-state index is 5.14. The first-order valence-corrected chi connectivity index (χ1v) is 6.10. The molecule has 0 saturated heterocycles. The second-order valence-electron chi connectivity index (χ2n) is 4.44. The summed E-state index contributed by atoms with van der Waals surface area (Å²) in [6.45, 7) is 0.712. The van der Waals surface area contributed by atoms with E-state index in [4.69, 9.17) is 10.7 Å². The third kappa shape index (κ3) is 3.03. The van der Waals surface area contributed by atoms with Gasteiger partial charge in [0.2, 0.25) is 0 Å². The van der Waals surface area contributed by atoms with Crippen molar-refractivity contribution in [2.75, 3.05) is 6.61 Å². The standard InChI is InChI=1S/C12H16BrNO/c13-11-3-1-10(2-4-11)5-6-12(7-8-12)9-15-14/h1-4H,5-9,14H2. The highest BCUT2D eigenvalue weighted by atomic mass is 79.9. The van der Waals surface area contributed by atoms with E-state index in [1.54, 1.807) is 0 Å². The summed E-state index contributed by atoms with van der Waals surface area (Å²) in [5.41, 5.74) is 1.78. The second kappa shape index (κ2) is 4.64. The molecule has 1 fully saturated rings. The minimum absolute atomic E-state index is 0.391. The van der Waals surface area contributed by atoms with E-state index in [2.05, 4.69) is 40.2 Å². The smallest absolute Gasteiger partial charge is 0.0735 e. The predicted octanol–water partition coefficient (Wildman–Crippen LogP) is 3.05. The molecule has 2 N–H and O–H groups in total. The molecule has 1 aliphatic carbocycles. The molecule has 0 atom stereocenters. The van der Waals surface area contributed by atoms with Crippen molar-refractivity contribution in [3.8, 4) is 0 Å². The van der Waals surface area contributed by atoms with Crippen LogP contribution >= 0.6 is 15.9 Å². The van der Waals surface area contributed by atoms with Crippen LogP contribution in [0.4, 0.5) is 0 Å². The topological polar surface area (TPSA) is 35.2 Å². The van der Waals surface area contributed by atoms with Crippen molar-refractivity contribution in [3.63, 3.8) is 0 Å². The molecule has 0 radical (unpaired) electrons. The van der Waals surface area contributed by atoms with Gasteiger partial charge in [-0.05, 0) is 48.8 Å². The zero-order valence-corrected chi connectivity index (χ0v) is 10.3. The Kier molecular flexibility index (Phi) is 3.44. The zero-order valence-electron chi connectivity index (χ0n) is 8.71. The Labute approximate surface area is 98.9 Å². The van der Waals surface area contributed by atoms with Crippen LogP contribution in [-0.4, -0.2) is 6.61 Å². The fraction of sp³-hybridized carbons (Fsp3) is 0.500. The van der Waals surface area contributed by atoms with Gasteiger partial charge in [-0.25, -0.2) is 5.90 Å². The van der Waals surface area contributed by atoms with Crippen LogP contribution in [0, 0.1) is 5.41 Å². The summed E-state index contributed by atoms with van der Waals surface area (Å²) < 4.78 is 1.14. The highest BCUT2D eigenvalue weighted by Crippen LogP contribution is 2.49. The van der Waals surface area contributed by atoms with Gasteiger partial charge in [-0.15, -0.1) is 0 Å². The largest absolute Gasteiger partial charge is 0.304 e. The normalized spacial score (nSPS) is 17.7. The highest BCUT2D eigenvalue weighted by molar-refractivity contribution is 9.10. The fourth-order valence-corrected chi connectivity index (χ4v) is 2.14. The van der Waals surface area contributed by atoms with Crippen LogP contribution in [0.5, 0.6) is 0 Å². The zero-order chi connectivity index (χ0) is 10.7. The van der Waals surface area contributed by atoms with Gasteiger partial charge < -0.3 is 4.84 Å². The molecule has 0 unspecified atom stereocenters. The molecule has 1 saturated carbocycles. The Bertz CT molecular complexity index is 319. The van der Waals surface area contributed by atoms with E-state index in [0.29, 0.717) is 12.0 Å². The molecule has 0 aliphatic heterocycles. The van der Waals surface area contributed by atoms with E-state index in [0.717, 1.165) is 10.9 Å². The van der Waals surface area contributed by atoms with Crippen molar-refractivity contribution in [3.05, 3.63) is 34.3 Å². The average Bonchev–Trinajstić information content (AvgIpc) is 2.99. The lowest BCUT2D eigenvalue weighted by atomic mass is 9.98. The lowest BCUT2D eigenvalue weighted by Gasteiger charge is -2.12. The van der Waals surface area contributed by atoms with E-state index < -0.39 is 0 Å². The summed E-state index contributed by atoms with van der Waals surface area (Å²) in [6.07, 6.45) is 4.84. The number of hydrogen-bond acceptors (Lipinski definition) is 2. The molecule has 1 aromatic rings. The van der Waals surface area contributed by atoms with Gasteiger partial charge in [0.15, 0.2) is 0 Å². The van der Waals surface area contributed by atoms with Crippen molar-refractivity contribution in [1.82, 2.24) is 0 Å². The van der Waals surface area contributed by atoms with E-state index in [1.807, 2.05) is 0 Å². The minimum Gasteiger partial charge on any atom is -0.304 e. The van der Waals surface area contributed by atoms with Crippen molar-refractivity contribution in [2.45, 2.75) is 25.7 Å². The van der Waals surface area contributed by atoms with Crippen molar-refractivity contribution >= 4 is 15.9 Å². The Balaban J connectivity index is 1.85. The number of rotatable bonds is 5. The average molecular weight is 270 g/mol. The summed E-state index contributed by atoms with van der Waals surface area (Å²) in [6, 6.07) is 8.52. The van der Waals surface area contributed by atoms with Gasteiger partial charge in [-0.3, -0.25) is 0 Å². The molecule has 0 bridgehead atoms. The van der Waals surface area contributed by atoms with Crippen molar-refractivity contribution < 1.29 is 4.84 Å². The number of aryl methyl sites for hydroxylation is 1. The van der Waals surface area contributed by atoms with E-state index >= 15 is 0 Å². The van der Waals surface area contributed by atoms with Crippen LogP contribution in [0.15, 0.2) is 28.7 Å². The molecular weight excluding hydrogens is 254 g/mol. The van der Waals surface area contributed by atoms with Gasteiger partial charge in [0.05, 0.1) is 6.61 Å². The van der Waals surface area contributed by atoms with Gasteiger partial charge >= 0.3 is 0 Å². The van der Waals surface area contributed by atoms with E-state index in [1.165, 1.54) is 24.8 Å². The highest BCUT2D eigenvalue weighted by Gasteiger charge is 2.42. The monoisotopic (exact) mass is 269 g/mol. The molecular formula is C12H16BrNO.